The zero-order valence-corrected chi connectivity index (χ0v) is 7.51. The lowest BCUT2D eigenvalue weighted by atomic mass is 10.5. The summed E-state index contributed by atoms with van der Waals surface area (Å²) in [6.45, 7) is 0. The predicted molar refractivity (Wildman–Crippen MR) is 55.5 cm³/mol. The number of pyridine rings is 1. The number of aromatic amines is 1. The third-order valence-corrected chi connectivity index (χ3v) is 1.43. The number of nitrogens with two attached hydrogens (primary N) is 2. The Morgan fingerprint density at radius 2 is 1.79 bits per heavy atom. The standard InChI is InChI=1S/C5H5N.C4H7N3O/c1-2-4-6-5-3-1;5-2-1-3(8)7-4(2)6/h1-5H;1,7-8H,5-6H2. The number of rotatable bonds is 0. The van der Waals surface area contributed by atoms with E-state index in [2.05, 4.69) is 9.97 Å². The molecule has 0 spiro atoms. The Bertz CT molecular complexity index is 325. The molecule has 0 aliphatic carbocycles. The molecule has 0 bridgehead atoms. The number of nitrogen functional groups attached to an aromatic ring is 2. The third-order valence-electron chi connectivity index (χ3n) is 1.43. The van der Waals surface area contributed by atoms with Gasteiger partial charge in [-0.3, -0.25) is 4.98 Å². The van der Waals surface area contributed by atoms with Gasteiger partial charge in [-0.25, -0.2) is 0 Å². The fourth-order valence-electron chi connectivity index (χ4n) is 0.784. The molecule has 2 aromatic rings. The molecule has 0 saturated heterocycles. The minimum absolute atomic E-state index is 0.000000000000000222. The number of hydrogen-bond donors (Lipinski definition) is 4. The van der Waals surface area contributed by atoms with E-state index in [0.29, 0.717) is 11.5 Å². The Balaban J connectivity index is 0.000000146. The largest absolute Gasteiger partial charge is 0.494 e. The summed E-state index contributed by atoms with van der Waals surface area (Å²) in [5, 5.41) is 8.62. The van der Waals surface area contributed by atoms with Gasteiger partial charge in [0.05, 0.1) is 5.69 Å². The second kappa shape index (κ2) is 4.76. The highest BCUT2D eigenvalue weighted by Gasteiger charge is 1.96. The molecule has 0 aliphatic rings. The van der Waals surface area contributed by atoms with E-state index in [1.54, 1.807) is 12.4 Å². The SMILES string of the molecule is Nc1cc(O)[nH]c1N.c1ccncc1. The summed E-state index contributed by atoms with van der Waals surface area (Å²) in [4.78, 5) is 6.20. The normalized spacial score (nSPS) is 8.86. The third kappa shape index (κ3) is 3.06. The molecule has 5 heteroatoms. The molecule has 14 heavy (non-hydrogen) atoms. The Kier molecular flexibility index (Phi) is 3.37. The maximum absolute atomic E-state index is 8.62. The maximum atomic E-state index is 8.62. The fourth-order valence-corrected chi connectivity index (χ4v) is 0.784. The van der Waals surface area contributed by atoms with Crippen molar-refractivity contribution in [3.05, 3.63) is 36.7 Å². The average Bonchev–Trinajstić information content (AvgIpc) is 2.48. The van der Waals surface area contributed by atoms with Gasteiger partial charge in [0.2, 0.25) is 0 Å². The van der Waals surface area contributed by atoms with Crippen LogP contribution in [0.25, 0.3) is 0 Å². The molecular formula is C9H12N4O. The molecule has 2 rings (SSSR count). The Labute approximate surface area is 81.4 Å². The number of nitrogens with one attached hydrogen (secondary N) is 1. The minimum atomic E-state index is 0.000000000000000222. The van der Waals surface area contributed by atoms with Crippen molar-refractivity contribution in [1.29, 1.82) is 0 Å². The van der Waals surface area contributed by atoms with Gasteiger partial charge in [-0.15, -0.1) is 0 Å². The van der Waals surface area contributed by atoms with Crippen LogP contribution in [0.15, 0.2) is 36.7 Å². The van der Waals surface area contributed by atoms with Gasteiger partial charge < -0.3 is 21.6 Å². The van der Waals surface area contributed by atoms with Crippen molar-refractivity contribution in [3.8, 4) is 5.88 Å². The van der Waals surface area contributed by atoms with E-state index >= 15 is 0 Å². The molecular weight excluding hydrogens is 180 g/mol. The quantitative estimate of drug-likeness (QED) is 0.499. The second-order valence-corrected chi connectivity index (χ2v) is 2.55. The van der Waals surface area contributed by atoms with Crippen LogP contribution in [0.2, 0.25) is 0 Å². The van der Waals surface area contributed by atoms with Gasteiger partial charge in [-0.2, -0.15) is 0 Å². The molecule has 0 aromatic carbocycles. The highest BCUT2D eigenvalue weighted by atomic mass is 16.3. The molecule has 2 aromatic heterocycles. The van der Waals surface area contributed by atoms with Crippen LogP contribution < -0.4 is 11.5 Å². The molecule has 0 unspecified atom stereocenters. The van der Waals surface area contributed by atoms with E-state index in [1.807, 2.05) is 18.2 Å². The van der Waals surface area contributed by atoms with Crippen LogP contribution in [-0.2, 0) is 0 Å². The Morgan fingerprint density at radius 1 is 1.14 bits per heavy atom. The van der Waals surface area contributed by atoms with Crippen LogP contribution in [0.1, 0.15) is 0 Å². The monoisotopic (exact) mass is 192 g/mol. The van der Waals surface area contributed by atoms with Gasteiger partial charge in [0.15, 0.2) is 5.88 Å². The highest BCUT2D eigenvalue weighted by Crippen LogP contribution is 2.18. The smallest absolute Gasteiger partial charge is 0.192 e. The first-order chi connectivity index (χ1) is 6.70. The number of hydrogen-bond acceptors (Lipinski definition) is 4. The summed E-state index contributed by atoms with van der Waals surface area (Å²) in [5.74, 6) is 0.308. The highest BCUT2D eigenvalue weighted by molar-refractivity contribution is 5.61. The van der Waals surface area contributed by atoms with Crippen molar-refractivity contribution < 1.29 is 5.11 Å². The van der Waals surface area contributed by atoms with Crippen LogP contribution in [0, 0.1) is 0 Å². The molecule has 0 aliphatic heterocycles. The second-order valence-electron chi connectivity index (χ2n) is 2.55. The van der Waals surface area contributed by atoms with Crippen molar-refractivity contribution in [3.63, 3.8) is 0 Å². The molecule has 0 saturated carbocycles. The van der Waals surface area contributed by atoms with Gasteiger partial charge in [0, 0.05) is 18.5 Å². The molecule has 0 fully saturated rings. The number of aromatic nitrogens is 2. The molecule has 74 valence electrons. The van der Waals surface area contributed by atoms with Crippen LogP contribution in [0.4, 0.5) is 11.5 Å². The zero-order chi connectivity index (χ0) is 10.4. The molecule has 5 nitrogen and oxygen atoms in total. The van der Waals surface area contributed by atoms with Gasteiger partial charge >= 0.3 is 0 Å². The average molecular weight is 192 g/mol. The summed E-state index contributed by atoms with van der Waals surface area (Å²) in [7, 11) is 0. The number of anilines is 2. The lowest BCUT2D eigenvalue weighted by Gasteiger charge is -1.82. The first-order valence-electron chi connectivity index (χ1n) is 3.98. The molecule has 0 atom stereocenters. The molecule has 2 heterocycles. The van der Waals surface area contributed by atoms with Gasteiger partial charge in [0.25, 0.3) is 0 Å². The summed E-state index contributed by atoms with van der Waals surface area (Å²) in [6, 6.07) is 7.07. The zero-order valence-electron chi connectivity index (χ0n) is 7.51. The molecule has 0 radical (unpaired) electrons. The van der Waals surface area contributed by atoms with Crippen molar-refractivity contribution >= 4 is 11.5 Å². The van der Waals surface area contributed by atoms with E-state index in [4.69, 9.17) is 16.6 Å². The first kappa shape index (κ1) is 9.91. The van der Waals surface area contributed by atoms with Gasteiger partial charge in [-0.1, -0.05) is 6.07 Å². The number of nitrogens with zero attached hydrogens (tertiary/aromatic N) is 1. The van der Waals surface area contributed by atoms with Crippen LogP contribution in [0.5, 0.6) is 5.88 Å². The van der Waals surface area contributed by atoms with E-state index in [-0.39, 0.29) is 5.88 Å². The van der Waals surface area contributed by atoms with E-state index in [0.717, 1.165) is 0 Å². The van der Waals surface area contributed by atoms with Crippen molar-refractivity contribution in [2.45, 2.75) is 0 Å². The number of H-pyrrole nitrogens is 1. The van der Waals surface area contributed by atoms with E-state index in [9.17, 15) is 0 Å². The summed E-state index contributed by atoms with van der Waals surface area (Å²) in [5.41, 5.74) is 10.8. The van der Waals surface area contributed by atoms with E-state index < -0.39 is 0 Å². The minimum Gasteiger partial charge on any atom is -0.494 e. The summed E-state index contributed by atoms with van der Waals surface area (Å²) >= 11 is 0. The van der Waals surface area contributed by atoms with Crippen LogP contribution in [-0.4, -0.2) is 15.1 Å². The fraction of sp³-hybridized carbons (Fsp3) is 0. The van der Waals surface area contributed by atoms with Crippen molar-refractivity contribution in [2.24, 2.45) is 0 Å². The molecule has 6 N–H and O–H groups in total. The van der Waals surface area contributed by atoms with Crippen LogP contribution in [0.3, 0.4) is 0 Å². The van der Waals surface area contributed by atoms with Crippen molar-refractivity contribution in [1.82, 2.24) is 9.97 Å². The maximum Gasteiger partial charge on any atom is 0.192 e. The number of aromatic hydroxyl groups is 1. The van der Waals surface area contributed by atoms with Crippen LogP contribution >= 0.6 is 0 Å². The van der Waals surface area contributed by atoms with Gasteiger partial charge in [0.1, 0.15) is 5.82 Å². The summed E-state index contributed by atoms with van der Waals surface area (Å²) < 4.78 is 0. The lowest BCUT2D eigenvalue weighted by molar-refractivity contribution is 0.457. The first-order valence-corrected chi connectivity index (χ1v) is 3.98. The Morgan fingerprint density at radius 3 is 1.93 bits per heavy atom. The lowest BCUT2D eigenvalue weighted by Crippen LogP contribution is -1.89. The topological polar surface area (TPSA) is 101 Å². The summed E-state index contributed by atoms with van der Waals surface area (Å²) in [6.07, 6.45) is 3.50. The van der Waals surface area contributed by atoms with Gasteiger partial charge in [-0.05, 0) is 12.1 Å². The molecule has 0 amide bonds. The predicted octanol–water partition coefficient (Wildman–Crippen LogP) is 0.966. The van der Waals surface area contributed by atoms with E-state index in [1.165, 1.54) is 6.07 Å². The van der Waals surface area contributed by atoms with Crippen molar-refractivity contribution in [2.75, 3.05) is 11.5 Å². The Hall–Kier alpha value is -2.17.